The van der Waals surface area contributed by atoms with Gasteiger partial charge in [-0.25, -0.2) is 9.69 Å². The third-order valence-corrected chi connectivity index (χ3v) is 6.42. The number of hydrogen-bond acceptors (Lipinski definition) is 5. The maximum atomic E-state index is 13.2. The van der Waals surface area contributed by atoms with E-state index in [-0.39, 0.29) is 24.3 Å². The molecule has 2 atom stereocenters. The number of β-lactam (4-membered cyclic amide) rings is 1. The van der Waals surface area contributed by atoms with Gasteiger partial charge in [-0.15, -0.1) is 0 Å². The van der Waals surface area contributed by atoms with Crippen LogP contribution in [0.25, 0.3) is 0 Å². The molecule has 0 aliphatic carbocycles. The summed E-state index contributed by atoms with van der Waals surface area (Å²) in [7, 11) is 0. The first-order valence-electron chi connectivity index (χ1n) is 11.9. The van der Waals surface area contributed by atoms with E-state index in [1.807, 2.05) is 52.0 Å². The number of ketones is 1. The molecule has 1 aromatic rings. The van der Waals surface area contributed by atoms with Crippen molar-refractivity contribution in [1.82, 2.24) is 15.5 Å². The van der Waals surface area contributed by atoms with E-state index < -0.39 is 17.7 Å². The summed E-state index contributed by atoms with van der Waals surface area (Å²) in [5.74, 6) is -0.278. The molecule has 178 valence electrons. The Morgan fingerprint density at radius 2 is 1.78 bits per heavy atom. The number of amides is 3. The van der Waals surface area contributed by atoms with Gasteiger partial charge in [0.15, 0.2) is 12.0 Å². The summed E-state index contributed by atoms with van der Waals surface area (Å²) in [6, 6.07) is 7.39. The third-order valence-electron chi connectivity index (χ3n) is 6.42. The Bertz CT molecular complexity index is 774. The molecule has 7 nitrogen and oxygen atoms in total. The molecular weight excluding hydrogens is 406 g/mol. The average Bonchev–Trinajstić information content (AvgIpc) is 2.78. The predicted octanol–water partition coefficient (Wildman–Crippen LogP) is 4.11. The number of urea groups is 1. The topological polar surface area (TPSA) is 87.7 Å². The summed E-state index contributed by atoms with van der Waals surface area (Å²) >= 11 is 0. The molecule has 0 unspecified atom stereocenters. The van der Waals surface area contributed by atoms with E-state index >= 15 is 0 Å². The first kappa shape index (κ1) is 26.0. The molecule has 1 aliphatic heterocycles. The van der Waals surface area contributed by atoms with Crippen molar-refractivity contribution in [3.05, 3.63) is 35.4 Å². The SMILES string of the molecule is CCC[C@@H](NC(=O)N1C(=O)C(CC)(CC)[C@@H]1OCC(=O)CCNCC)c1ccc(C)cc1. The minimum Gasteiger partial charge on any atom is -0.349 e. The van der Waals surface area contributed by atoms with E-state index in [0.717, 1.165) is 30.5 Å². The molecule has 0 aromatic heterocycles. The number of aryl methyl sites for hydroxylation is 1. The first-order chi connectivity index (χ1) is 15.3. The number of likely N-dealkylation sites (tertiary alicyclic amines) is 1. The van der Waals surface area contributed by atoms with E-state index in [2.05, 4.69) is 17.6 Å². The third kappa shape index (κ3) is 5.75. The Hall–Kier alpha value is -2.25. The smallest absolute Gasteiger partial charge is 0.326 e. The monoisotopic (exact) mass is 445 g/mol. The van der Waals surface area contributed by atoms with Crippen molar-refractivity contribution in [1.29, 1.82) is 0 Å². The number of nitrogens with zero attached hydrogens (tertiary/aromatic N) is 1. The molecule has 32 heavy (non-hydrogen) atoms. The molecular formula is C25H39N3O4. The maximum Gasteiger partial charge on any atom is 0.326 e. The van der Waals surface area contributed by atoms with Gasteiger partial charge in [0.2, 0.25) is 5.91 Å². The lowest BCUT2D eigenvalue weighted by Gasteiger charge is -2.53. The van der Waals surface area contributed by atoms with Gasteiger partial charge in [0.25, 0.3) is 0 Å². The molecule has 1 heterocycles. The molecule has 1 saturated heterocycles. The highest BCUT2D eigenvalue weighted by atomic mass is 16.5. The van der Waals surface area contributed by atoms with Crippen LogP contribution in [0.1, 0.15) is 77.0 Å². The van der Waals surface area contributed by atoms with Crippen LogP contribution in [0.4, 0.5) is 4.79 Å². The van der Waals surface area contributed by atoms with Gasteiger partial charge in [-0.05, 0) is 38.3 Å². The Morgan fingerprint density at radius 3 is 2.34 bits per heavy atom. The highest BCUT2D eigenvalue weighted by Crippen LogP contribution is 2.46. The zero-order valence-electron chi connectivity index (χ0n) is 20.2. The molecule has 1 fully saturated rings. The largest absolute Gasteiger partial charge is 0.349 e. The van der Waals surface area contributed by atoms with Crippen molar-refractivity contribution in [2.45, 2.75) is 79.0 Å². The Kier molecular flexibility index (Phi) is 9.84. The number of rotatable bonds is 13. The van der Waals surface area contributed by atoms with E-state index in [1.54, 1.807) is 0 Å². The molecule has 7 heteroatoms. The predicted molar refractivity (Wildman–Crippen MR) is 125 cm³/mol. The van der Waals surface area contributed by atoms with Crippen LogP contribution >= 0.6 is 0 Å². The van der Waals surface area contributed by atoms with Crippen molar-refractivity contribution >= 4 is 17.7 Å². The molecule has 0 saturated carbocycles. The fourth-order valence-electron chi connectivity index (χ4n) is 4.24. The van der Waals surface area contributed by atoms with E-state index in [9.17, 15) is 14.4 Å². The molecule has 2 rings (SSSR count). The lowest BCUT2D eigenvalue weighted by Crippen LogP contribution is -2.72. The van der Waals surface area contributed by atoms with Gasteiger partial charge in [-0.2, -0.15) is 0 Å². The fraction of sp³-hybridized carbons (Fsp3) is 0.640. The summed E-state index contributed by atoms with van der Waals surface area (Å²) in [4.78, 5) is 39.6. The summed E-state index contributed by atoms with van der Waals surface area (Å²) < 4.78 is 5.90. The minimum atomic E-state index is -0.761. The van der Waals surface area contributed by atoms with Crippen molar-refractivity contribution in [2.24, 2.45) is 5.41 Å². The molecule has 0 radical (unpaired) electrons. The Morgan fingerprint density at radius 1 is 1.12 bits per heavy atom. The van der Waals surface area contributed by atoms with Gasteiger partial charge in [0.05, 0.1) is 11.5 Å². The number of carbonyl (C=O) groups is 3. The first-order valence-corrected chi connectivity index (χ1v) is 11.9. The van der Waals surface area contributed by atoms with Crippen molar-refractivity contribution < 1.29 is 19.1 Å². The second kappa shape index (κ2) is 12.1. The standard InChI is InChI=1S/C25H39N3O4/c1-6-10-21(19-13-11-18(5)12-14-19)27-24(31)28-22(30)25(7-2,8-3)23(28)32-17-20(29)15-16-26-9-4/h11-14,21,23,26H,6-10,15-17H2,1-5H3,(H,27,31)/t21-,23+/m1/s1. The quantitative estimate of drug-likeness (QED) is 0.352. The molecule has 1 aromatic carbocycles. The van der Waals surface area contributed by atoms with Crippen LogP contribution < -0.4 is 10.6 Å². The van der Waals surface area contributed by atoms with Crippen molar-refractivity contribution in [3.63, 3.8) is 0 Å². The van der Waals surface area contributed by atoms with E-state index in [1.165, 1.54) is 4.90 Å². The maximum absolute atomic E-state index is 13.2. The number of ether oxygens (including phenoxy) is 1. The summed E-state index contributed by atoms with van der Waals surface area (Å²) in [6.07, 6.45) is 2.39. The zero-order valence-corrected chi connectivity index (χ0v) is 20.2. The average molecular weight is 446 g/mol. The van der Waals surface area contributed by atoms with Crippen molar-refractivity contribution in [3.8, 4) is 0 Å². The van der Waals surface area contributed by atoms with Crippen LogP contribution in [-0.2, 0) is 14.3 Å². The molecule has 2 N–H and O–H groups in total. The number of benzene rings is 1. The second-order valence-electron chi connectivity index (χ2n) is 8.55. The molecule has 1 aliphatic rings. The summed E-state index contributed by atoms with van der Waals surface area (Å²) in [6.45, 7) is 11.2. The van der Waals surface area contributed by atoms with Gasteiger partial charge >= 0.3 is 6.03 Å². The highest BCUT2D eigenvalue weighted by molar-refractivity contribution is 6.03. The van der Waals surface area contributed by atoms with Crippen LogP contribution in [0.3, 0.4) is 0 Å². The number of nitrogens with one attached hydrogen (secondary N) is 2. The van der Waals surface area contributed by atoms with Crippen LogP contribution in [0.5, 0.6) is 0 Å². The van der Waals surface area contributed by atoms with E-state index in [4.69, 9.17) is 4.74 Å². The lowest BCUT2D eigenvalue weighted by molar-refractivity contribution is -0.210. The van der Waals surface area contributed by atoms with Gasteiger partial charge in [0.1, 0.15) is 6.61 Å². The van der Waals surface area contributed by atoms with Crippen LogP contribution in [0.15, 0.2) is 24.3 Å². The van der Waals surface area contributed by atoms with Crippen LogP contribution in [0.2, 0.25) is 0 Å². The van der Waals surface area contributed by atoms with Gasteiger partial charge in [0, 0.05) is 13.0 Å². The number of imide groups is 1. The Labute approximate surface area is 192 Å². The fourth-order valence-corrected chi connectivity index (χ4v) is 4.24. The minimum absolute atomic E-state index is 0.0460. The van der Waals surface area contributed by atoms with Gasteiger partial charge < -0.3 is 15.4 Å². The lowest BCUT2D eigenvalue weighted by atomic mass is 9.72. The Balaban J connectivity index is 2.12. The summed E-state index contributed by atoms with van der Waals surface area (Å²) in [5, 5.41) is 6.14. The normalized spacial score (nSPS) is 18.2. The van der Waals surface area contributed by atoms with Gasteiger partial charge in [-0.3, -0.25) is 9.59 Å². The van der Waals surface area contributed by atoms with E-state index in [0.29, 0.717) is 25.8 Å². The van der Waals surface area contributed by atoms with Crippen LogP contribution in [0, 0.1) is 12.3 Å². The molecule has 3 amide bonds. The number of hydrogen-bond donors (Lipinski definition) is 2. The second-order valence-corrected chi connectivity index (χ2v) is 8.55. The molecule has 0 bridgehead atoms. The number of Topliss-reactive ketones (excluding diaryl/α,β-unsaturated/α-hetero) is 1. The zero-order chi connectivity index (χ0) is 23.7. The van der Waals surface area contributed by atoms with Crippen molar-refractivity contribution in [2.75, 3.05) is 19.7 Å². The molecule has 0 spiro atoms. The van der Waals surface area contributed by atoms with Crippen LogP contribution in [-0.4, -0.2) is 48.5 Å². The highest BCUT2D eigenvalue weighted by Gasteiger charge is 2.62. The number of carbonyl (C=O) groups excluding carboxylic acids is 3. The van der Waals surface area contributed by atoms with Gasteiger partial charge in [-0.1, -0.05) is 63.9 Å². The summed E-state index contributed by atoms with van der Waals surface area (Å²) in [5.41, 5.74) is 1.40.